The molecular weight excluding hydrogens is 353 g/mol. The highest BCUT2D eigenvalue weighted by Crippen LogP contribution is 2.31. The molecule has 2 N–H and O–H groups in total. The Bertz CT molecular complexity index is 644. The van der Waals surface area contributed by atoms with E-state index in [4.69, 9.17) is 14.3 Å². The summed E-state index contributed by atoms with van der Waals surface area (Å²) in [5.74, 6) is -0.504. The van der Waals surface area contributed by atoms with E-state index in [1.54, 1.807) is 0 Å². The van der Waals surface area contributed by atoms with E-state index in [0.717, 1.165) is 56.8 Å². The van der Waals surface area contributed by atoms with Crippen molar-refractivity contribution in [3.8, 4) is 0 Å². The van der Waals surface area contributed by atoms with E-state index in [1.165, 1.54) is 0 Å². The van der Waals surface area contributed by atoms with Gasteiger partial charge in [-0.25, -0.2) is 4.79 Å². The molecule has 3 heterocycles. The van der Waals surface area contributed by atoms with E-state index in [0.29, 0.717) is 6.42 Å². The average Bonchev–Trinajstić information content (AvgIpc) is 3.04. The largest absolute Gasteiger partial charge is 0.490 e. The number of hydrogen-bond donors (Lipinski definition) is 2. The number of aliphatic carboxylic acids is 1. The normalized spacial score (nSPS) is 23.9. The summed E-state index contributed by atoms with van der Waals surface area (Å²) < 4.78 is 37.4. The SMILES string of the molecule is Cc1ccc(CN2CCCC3(CCC(=O)N3)CC2)o1.O=C(O)C(F)(F)F. The third-order valence-electron chi connectivity index (χ3n) is 4.69. The minimum Gasteiger partial charge on any atom is -0.475 e. The van der Waals surface area contributed by atoms with E-state index in [2.05, 4.69) is 16.3 Å². The van der Waals surface area contributed by atoms with Crippen molar-refractivity contribution in [1.29, 1.82) is 0 Å². The Labute approximate surface area is 149 Å². The number of rotatable bonds is 2. The van der Waals surface area contributed by atoms with Crippen molar-refractivity contribution in [2.45, 2.75) is 57.3 Å². The van der Waals surface area contributed by atoms with Crippen LogP contribution < -0.4 is 5.32 Å². The molecule has 1 aromatic rings. The lowest BCUT2D eigenvalue weighted by Gasteiger charge is -2.27. The molecule has 0 saturated carbocycles. The van der Waals surface area contributed by atoms with Gasteiger partial charge in [0, 0.05) is 18.5 Å². The first-order chi connectivity index (χ1) is 12.1. The Morgan fingerprint density at radius 1 is 1.31 bits per heavy atom. The van der Waals surface area contributed by atoms with E-state index in [1.807, 2.05) is 13.0 Å². The van der Waals surface area contributed by atoms with Crippen LogP contribution in [0.25, 0.3) is 0 Å². The first-order valence-corrected chi connectivity index (χ1v) is 8.48. The van der Waals surface area contributed by atoms with Crippen molar-refractivity contribution in [2.75, 3.05) is 13.1 Å². The van der Waals surface area contributed by atoms with Crippen LogP contribution in [0.5, 0.6) is 0 Å². The first-order valence-electron chi connectivity index (χ1n) is 8.48. The Balaban J connectivity index is 0.000000298. The van der Waals surface area contributed by atoms with Crippen molar-refractivity contribution >= 4 is 11.9 Å². The van der Waals surface area contributed by atoms with Crippen LogP contribution in [0, 0.1) is 6.92 Å². The van der Waals surface area contributed by atoms with Crippen molar-refractivity contribution in [3.63, 3.8) is 0 Å². The Hall–Kier alpha value is -2.03. The molecule has 2 fully saturated rings. The Morgan fingerprint density at radius 2 is 2.00 bits per heavy atom. The number of carboxylic acids is 1. The van der Waals surface area contributed by atoms with Gasteiger partial charge >= 0.3 is 12.1 Å². The number of aryl methyl sites for hydroxylation is 1. The molecule has 2 saturated heterocycles. The van der Waals surface area contributed by atoms with Gasteiger partial charge in [-0.2, -0.15) is 13.2 Å². The molecule has 2 aliphatic heterocycles. The van der Waals surface area contributed by atoms with Crippen molar-refractivity contribution in [1.82, 2.24) is 10.2 Å². The number of carbonyl (C=O) groups is 2. The van der Waals surface area contributed by atoms with Crippen molar-refractivity contribution in [3.05, 3.63) is 23.7 Å². The quantitative estimate of drug-likeness (QED) is 0.829. The number of likely N-dealkylation sites (tertiary alicyclic amines) is 1. The number of alkyl halides is 3. The molecule has 1 unspecified atom stereocenters. The smallest absolute Gasteiger partial charge is 0.475 e. The van der Waals surface area contributed by atoms with Crippen LogP contribution in [-0.4, -0.2) is 46.7 Å². The van der Waals surface area contributed by atoms with Crippen LogP contribution in [0.1, 0.15) is 43.6 Å². The summed E-state index contributed by atoms with van der Waals surface area (Å²) >= 11 is 0. The highest BCUT2D eigenvalue weighted by Gasteiger charge is 2.39. The van der Waals surface area contributed by atoms with Crippen LogP contribution in [0.2, 0.25) is 0 Å². The second kappa shape index (κ2) is 8.11. The fraction of sp³-hybridized carbons (Fsp3) is 0.647. The molecule has 1 amide bonds. The molecule has 9 heteroatoms. The number of carbonyl (C=O) groups excluding carboxylic acids is 1. The summed E-state index contributed by atoms with van der Waals surface area (Å²) in [6, 6.07) is 4.08. The Kier molecular flexibility index (Phi) is 6.33. The van der Waals surface area contributed by atoms with E-state index in [9.17, 15) is 18.0 Å². The fourth-order valence-electron chi connectivity index (χ4n) is 3.35. The van der Waals surface area contributed by atoms with Gasteiger partial charge in [0.2, 0.25) is 5.91 Å². The van der Waals surface area contributed by atoms with Crippen LogP contribution in [0.4, 0.5) is 13.2 Å². The highest BCUT2D eigenvalue weighted by atomic mass is 19.4. The summed E-state index contributed by atoms with van der Waals surface area (Å²) in [4.78, 5) is 22.8. The van der Waals surface area contributed by atoms with Crippen molar-refractivity contribution in [2.24, 2.45) is 0 Å². The second-order valence-corrected chi connectivity index (χ2v) is 6.77. The molecular formula is C17H23F3N2O4. The van der Waals surface area contributed by atoms with Crippen molar-refractivity contribution < 1.29 is 32.3 Å². The number of halogens is 3. The van der Waals surface area contributed by atoms with Crippen LogP contribution in [0.3, 0.4) is 0 Å². The number of nitrogens with zero attached hydrogens (tertiary/aromatic N) is 1. The summed E-state index contributed by atoms with van der Waals surface area (Å²) in [5, 5.41) is 10.3. The Morgan fingerprint density at radius 3 is 2.50 bits per heavy atom. The van der Waals surface area contributed by atoms with Gasteiger partial charge in [-0.1, -0.05) is 0 Å². The summed E-state index contributed by atoms with van der Waals surface area (Å²) in [7, 11) is 0. The lowest BCUT2D eigenvalue weighted by atomic mass is 9.89. The van der Waals surface area contributed by atoms with E-state index in [-0.39, 0.29) is 11.4 Å². The van der Waals surface area contributed by atoms with Crippen LogP contribution >= 0.6 is 0 Å². The summed E-state index contributed by atoms with van der Waals surface area (Å²) in [6.07, 6.45) is -0.0261. The monoisotopic (exact) mass is 376 g/mol. The molecule has 0 radical (unpaired) electrons. The predicted octanol–water partition coefficient (Wildman–Crippen LogP) is 2.86. The predicted molar refractivity (Wildman–Crippen MR) is 86.4 cm³/mol. The van der Waals surface area contributed by atoms with E-state index < -0.39 is 12.1 Å². The topological polar surface area (TPSA) is 82.8 Å². The highest BCUT2D eigenvalue weighted by molar-refractivity contribution is 5.79. The van der Waals surface area contributed by atoms with Gasteiger partial charge in [-0.15, -0.1) is 0 Å². The zero-order chi connectivity index (χ0) is 19.4. The van der Waals surface area contributed by atoms with Gasteiger partial charge in [-0.3, -0.25) is 9.69 Å². The molecule has 6 nitrogen and oxygen atoms in total. The maximum absolute atomic E-state index is 11.5. The number of hydrogen-bond acceptors (Lipinski definition) is 4. The molecule has 3 rings (SSSR count). The van der Waals surface area contributed by atoms with E-state index >= 15 is 0 Å². The molecule has 146 valence electrons. The van der Waals surface area contributed by atoms with Gasteiger partial charge in [0.25, 0.3) is 0 Å². The third-order valence-corrected chi connectivity index (χ3v) is 4.69. The molecule has 0 aliphatic carbocycles. The standard InChI is InChI=1S/C15H22N2O2.C2HF3O2/c1-12-3-4-13(19-12)11-17-9-2-6-15(8-10-17)7-5-14(18)16-15;3-2(4,5)1(6)7/h3-4H,2,5-11H2,1H3,(H,16,18);(H,6,7). The maximum Gasteiger partial charge on any atom is 0.490 e. The van der Waals surface area contributed by atoms with Gasteiger partial charge < -0.3 is 14.8 Å². The zero-order valence-electron chi connectivity index (χ0n) is 14.6. The first kappa shape index (κ1) is 20.3. The average molecular weight is 376 g/mol. The maximum atomic E-state index is 11.5. The number of furan rings is 1. The molecule has 1 atom stereocenters. The van der Waals surface area contributed by atoms with Gasteiger partial charge in [-0.05, 0) is 51.3 Å². The van der Waals surface area contributed by atoms with Gasteiger partial charge in [0.1, 0.15) is 11.5 Å². The molecule has 1 aromatic heterocycles. The number of nitrogens with one attached hydrogen (secondary N) is 1. The summed E-state index contributed by atoms with van der Waals surface area (Å²) in [6.45, 7) is 5.00. The minimum atomic E-state index is -5.08. The van der Waals surface area contributed by atoms with Crippen LogP contribution in [0.15, 0.2) is 16.5 Å². The molecule has 0 bridgehead atoms. The third kappa shape index (κ3) is 5.76. The van der Waals surface area contributed by atoms with Gasteiger partial charge in [0.05, 0.1) is 6.54 Å². The summed E-state index contributed by atoms with van der Waals surface area (Å²) in [5.41, 5.74) is 0.0882. The minimum absolute atomic E-state index is 0.0882. The lowest BCUT2D eigenvalue weighted by molar-refractivity contribution is -0.192. The second-order valence-electron chi connectivity index (χ2n) is 6.77. The van der Waals surface area contributed by atoms with Crippen LogP contribution in [-0.2, 0) is 16.1 Å². The zero-order valence-corrected chi connectivity index (χ0v) is 14.6. The molecule has 26 heavy (non-hydrogen) atoms. The molecule has 0 aromatic carbocycles. The number of amides is 1. The fourth-order valence-corrected chi connectivity index (χ4v) is 3.35. The molecule has 1 spiro atoms. The molecule has 2 aliphatic rings. The number of carboxylic acid groups (broad SMARTS) is 1. The lowest BCUT2D eigenvalue weighted by Crippen LogP contribution is -2.42. The van der Waals surface area contributed by atoms with Gasteiger partial charge in [0.15, 0.2) is 0 Å².